The minimum atomic E-state index is 0. The van der Waals surface area contributed by atoms with E-state index in [4.69, 9.17) is 0 Å². The predicted octanol–water partition coefficient (Wildman–Crippen LogP) is -14.9. The van der Waals surface area contributed by atoms with E-state index in [1.807, 2.05) is 24.3 Å². The van der Waals surface area contributed by atoms with Crippen LogP contribution in [0.25, 0.3) is 0 Å². The molecule has 0 unspecified atom stereocenters. The number of nitrogens with zero attached hydrogens (tertiary/aromatic N) is 1. The monoisotopic (exact) mass is 778 g/mol. The number of para-hydroxylation sites is 1. The van der Waals surface area contributed by atoms with Crippen molar-refractivity contribution in [3.05, 3.63) is 28.7 Å². The number of anilines is 1. The summed E-state index contributed by atoms with van der Waals surface area (Å²) >= 11 is 9.90. The third-order valence-corrected chi connectivity index (χ3v) is 2.47. The van der Waals surface area contributed by atoms with Crippen LogP contribution < -0.4 is 77.4 Å². The van der Waals surface area contributed by atoms with Crippen LogP contribution in [0.5, 0.6) is 0 Å². The first kappa shape index (κ1) is 49.5. The van der Waals surface area contributed by atoms with Gasteiger partial charge in [0.25, 0.3) is 0 Å². The molecule has 0 atom stereocenters. The van der Waals surface area contributed by atoms with Gasteiger partial charge in [-0.3, -0.25) is 0 Å². The fourth-order valence-corrected chi connectivity index (χ4v) is 2.15. The topological polar surface area (TPSA) is 3.24 Å². The summed E-state index contributed by atoms with van der Waals surface area (Å²) in [6, 6.07) is 7.89. The van der Waals surface area contributed by atoms with E-state index in [0.717, 1.165) is 10.2 Å². The maximum absolute atomic E-state index is 3.40. The molecule has 0 fully saturated rings. The summed E-state index contributed by atoms with van der Waals surface area (Å²) in [6.07, 6.45) is 0. The maximum Gasteiger partial charge on any atom is 3.00 e. The van der Waals surface area contributed by atoms with E-state index in [-0.39, 0.29) is 123 Å². The molecule has 1 rings (SSSR count). The van der Waals surface area contributed by atoms with Gasteiger partial charge in [-0.05, 0) is 28.1 Å². The number of benzene rings is 1. The molecule has 0 aliphatic carbocycles. The standard InChI is InChI=1S/C6H4Br3N.6ClH.2Sb/c7-5-3-1-2-4-6(5)10(8)9;;;;;;;;/h1-4H;6*1H;;/q;;;;;;;2*+3/p-6. The fraction of sp³-hybridized carbons (Fsp3) is 0. The van der Waals surface area contributed by atoms with Crippen molar-refractivity contribution in [2.45, 2.75) is 0 Å². The summed E-state index contributed by atoms with van der Waals surface area (Å²) < 4.78 is 2.74. The van der Waals surface area contributed by atoms with Gasteiger partial charge in [0.05, 0.1) is 38.0 Å². The van der Waals surface area contributed by atoms with E-state index < -0.39 is 0 Å². The Morgan fingerprint density at radius 1 is 0.722 bits per heavy atom. The third-order valence-electron chi connectivity index (χ3n) is 1.03. The summed E-state index contributed by atoms with van der Waals surface area (Å²) in [6.45, 7) is 0. The fourth-order valence-electron chi connectivity index (χ4n) is 0.589. The Hall–Kier alpha value is 3.84. The second kappa shape index (κ2) is 28.9. The number of halogens is 9. The molecule has 1 aromatic rings. The summed E-state index contributed by atoms with van der Waals surface area (Å²) in [5.74, 6) is 0. The minimum Gasteiger partial charge on any atom is -1.00 e. The first-order chi connectivity index (χ1) is 4.72. The zero-order valence-electron chi connectivity index (χ0n) is 8.05. The van der Waals surface area contributed by atoms with E-state index in [2.05, 4.69) is 48.2 Å². The smallest absolute Gasteiger partial charge is 1.00 e. The molecule has 0 aromatic heterocycles. The van der Waals surface area contributed by atoms with Crippen molar-refractivity contribution in [3.63, 3.8) is 0 Å². The zero-order valence-corrected chi connectivity index (χ0v) is 22.5. The van der Waals surface area contributed by atoms with Gasteiger partial charge in [0.2, 0.25) is 0 Å². The van der Waals surface area contributed by atoms with Crippen LogP contribution in [0.15, 0.2) is 28.7 Å². The van der Waals surface area contributed by atoms with Crippen molar-refractivity contribution < 1.29 is 74.4 Å². The van der Waals surface area contributed by atoms with Crippen molar-refractivity contribution in [2.75, 3.05) is 2.95 Å². The van der Waals surface area contributed by atoms with E-state index in [1.165, 1.54) is 0 Å². The first-order valence-electron chi connectivity index (χ1n) is 2.58. The molecular weight excluding hydrogens is 782 g/mol. The summed E-state index contributed by atoms with van der Waals surface area (Å²) in [5.41, 5.74) is 1.04. The molecule has 18 heavy (non-hydrogen) atoms. The van der Waals surface area contributed by atoms with Crippen LogP contribution >= 0.6 is 48.2 Å². The molecule has 0 aliphatic heterocycles. The molecule has 0 bridgehead atoms. The van der Waals surface area contributed by atoms with Crippen LogP contribution in [0.1, 0.15) is 0 Å². The van der Waals surface area contributed by atoms with Crippen molar-refractivity contribution >= 4 is 103 Å². The zero-order chi connectivity index (χ0) is 7.56. The second-order valence-electron chi connectivity index (χ2n) is 1.68. The van der Waals surface area contributed by atoms with E-state index in [9.17, 15) is 0 Å². The summed E-state index contributed by atoms with van der Waals surface area (Å²) in [7, 11) is 0. The van der Waals surface area contributed by atoms with Gasteiger partial charge in [-0.2, -0.15) is 0 Å². The van der Waals surface area contributed by atoms with Crippen molar-refractivity contribution in [1.82, 2.24) is 0 Å². The Morgan fingerprint density at radius 2 is 1.06 bits per heavy atom. The minimum absolute atomic E-state index is 0. The van der Waals surface area contributed by atoms with Crippen molar-refractivity contribution in [2.24, 2.45) is 0 Å². The first-order valence-corrected chi connectivity index (χ1v) is 4.79. The molecule has 0 spiro atoms. The second-order valence-corrected chi connectivity index (χ2v) is 4.91. The Bertz CT molecular complexity index is 248. The molecule has 12 heteroatoms. The van der Waals surface area contributed by atoms with Crippen LogP contribution in [0.2, 0.25) is 0 Å². The number of hydrogen-bond acceptors (Lipinski definition) is 1. The average molecular weight is 786 g/mol. The molecule has 0 amide bonds. The Balaban J connectivity index is -0.0000000208. The molecule has 0 saturated heterocycles. The van der Waals surface area contributed by atoms with Gasteiger partial charge in [0.15, 0.2) is 0 Å². The Morgan fingerprint density at radius 3 is 1.28 bits per heavy atom. The molecule has 1 nitrogen and oxygen atoms in total. The third kappa shape index (κ3) is 19.8. The molecular formula is C6H4Br3Cl6NSb2. The molecule has 0 aliphatic rings. The van der Waals surface area contributed by atoms with Gasteiger partial charge in [-0.15, -0.1) is 0 Å². The van der Waals surface area contributed by atoms with Gasteiger partial charge in [0, 0.05) is 4.47 Å². The number of rotatable bonds is 1. The van der Waals surface area contributed by atoms with Crippen molar-refractivity contribution in [1.29, 1.82) is 0 Å². The maximum atomic E-state index is 3.40. The summed E-state index contributed by atoms with van der Waals surface area (Å²) in [4.78, 5) is 0. The molecule has 106 valence electrons. The van der Waals surface area contributed by atoms with E-state index in [1.54, 1.807) is 2.95 Å². The Kier molecular flexibility index (Phi) is 79.6. The van der Waals surface area contributed by atoms with Gasteiger partial charge in [-0.25, -0.2) is 2.95 Å². The summed E-state index contributed by atoms with van der Waals surface area (Å²) in [5, 5.41) is 0. The average Bonchev–Trinajstić information content (AvgIpc) is 1.88. The van der Waals surface area contributed by atoms with Gasteiger partial charge in [-0.1, -0.05) is 12.1 Å². The molecule has 0 N–H and O–H groups in total. The molecule has 1 aromatic carbocycles. The predicted molar refractivity (Wildman–Crippen MR) is 66.0 cm³/mol. The van der Waals surface area contributed by atoms with Gasteiger partial charge < -0.3 is 74.4 Å². The van der Waals surface area contributed by atoms with Crippen LogP contribution in [-0.2, 0) is 0 Å². The van der Waals surface area contributed by atoms with Crippen LogP contribution in [0, 0.1) is 0 Å². The molecule has 0 saturated carbocycles. The largest absolute Gasteiger partial charge is 3.00 e. The van der Waals surface area contributed by atoms with Crippen LogP contribution in [0.3, 0.4) is 0 Å². The van der Waals surface area contributed by atoms with Crippen LogP contribution in [0.4, 0.5) is 5.69 Å². The van der Waals surface area contributed by atoms with E-state index in [0.29, 0.717) is 0 Å². The van der Waals surface area contributed by atoms with E-state index >= 15 is 0 Å². The molecule has 4 radical (unpaired) electrons. The van der Waals surface area contributed by atoms with Gasteiger partial charge in [0.1, 0.15) is 0 Å². The van der Waals surface area contributed by atoms with Gasteiger partial charge >= 0.3 is 48.9 Å². The number of hydrogen-bond donors (Lipinski definition) is 0. The Labute approximate surface area is 205 Å². The molecule has 0 heterocycles. The quantitative estimate of drug-likeness (QED) is 0.202. The van der Waals surface area contributed by atoms with Crippen molar-refractivity contribution in [3.8, 4) is 0 Å². The SMILES string of the molecule is Brc1ccccc1N(Br)Br.[Cl-].[Cl-].[Cl-].[Cl-].[Cl-].[Cl-].[Sb+3].[Sb+3]. The normalized spacial score (nSPS) is 5.28. The van der Waals surface area contributed by atoms with Crippen LogP contribution in [-0.4, -0.2) is 48.9 Å².